The highest BCUT2D eigenvalue weighted by atomic mass is 32.1. The van der Waals surface area contributed by atoms with Crippen LogP contribution in [0.1, 0.15) is 4.88 Å². The van der Waals surface area contributed by atoms with E-state index in [1.165, 1.54) is 10.1 Å². The summed E-state index contributed by atoms with van der Waals surface area (Å²) in [6.07, 6.45) is 0. The van der Waals surface area contributed by atoms with Gasteiger partial charge >= 0.3 is 0 Å². The zero-order chi connectivity index (χ0) is 9.97. The molecule has 1 aromatic carbocycles. The van der Waals surface area contributed by atoms with Gasteiger partial charge in [-0.15, -0.1) is 11.3 Å². The minimum atomic E-state index is 0.460. The molecule has 2 aromatic rings. The van der Waals surface area contributed by atoms with Gasteiger partial charge in [0, 0.05) is 9.58 Å². The minimum absolute atomic E-state index is 0.460. The number of thiophene rings is 1. The fourth-order valence-electron chi connectivity index (χ4n) is 1.36. The first-order valence-corrected chi connectivity index (χ1v) is 5.03. The van der Waals surface area contributed by atoms with Crippen LogP contribution >= 0.6 is 11.3 Å². The summed E-state index contributed by atoms with van der Waals surface area (Å²) in [5, 5.41) is 1.17. The number of hydrogen-bond donors (Lipinski definition) is 1. The number of benzene rings is 1. The van der Waals surface area contributed by atoms with Gasteiger partial charge in [-0.2, -0.15) is 0 Å². The van der Waals surface area contributed by atoms with Crippen LogP contribution in [-0.2, 0) is 11.4 Å². The summed E-state index contributed by atoms with van der Waals surface area (Å²) in [6, 6.07) is 8.06. The molecule has 1 heterocycles. The molecule has 0 amide bonds. The SMILES string of the molecule is COc1ccc2sc(CON)cc2c1. The Morgan fingerprint density at radius 1 is 1.36 bits per heavy atom. The Labute approximate surface area is 86.0 Å². The molecular weight excluding hydrogens is 198 g/mol. The molecule has 0 saturated carbocycles. The Morgan fingerprint density at radius 2 is 2.21 bits per heavy atom. The first kappa shape index (κ1) is 9.45. The lowest BCUT2D eigenvalue weighted by molar-refractivity contribution is 0.126. The number of ether oxygens (including phenoxy) is 1. The third-order valence-corrected chi connectivity index (χ3v) is 3.09. The average Bonchev–Trinajstić information content (AvgIpc) is 2.59. The van der Waals surface area contributed by atoms with Crippen molar-refractivity contribution in [1.82, 2.24) is 0 Å². The van der Waals surface area contributed by atoms with Gasteiger partial charge < -0.3 is 4.74 Å². The zero-order valence-electron chi connectivity index (χ0n) is 7.82. The summed E-state index contributed by atoms with van der Waals surface area (Å²) in [7, 11) is 1.66. The Hall–Kier alpha value is -1.10. The highest BCUT2D eigenvalue weighted by Crippen LogP contribution is 2.28. The van der Waals surface area contributed by atoms with Crippen LogP contribution in [0.3, 0.4) is 0 Å². The number of rotatable bonds is 3. The first-order chi connectivity index (χ1) is 6.83. The molecule has 2 N–H and O–H groups in total. The maximum Gasteiger partial charge on any atom is 0.119 e. The van der Waals surface area contributed by atoms with Crippen molar-refractivity contribution in [3.05, 3.63) is 29.1 Å². The molecule has 4 heteroatoms. The molecule has 74 valence electrons. The van der Waals surface area contributed by atoms with E-state index < -0.39 is 0 Å². The molecular formula is C10H11NO2S. The van der Waals surface area contributed by atoms with E-state index in [4.69, 9.17) is 10.6 Å². The van der Waals surface area contributed by atoms with Crippen molar-refractivity contribution < 1.29 is 9.57 Å². The third-order valence-electron chi connectivity index (χ3n) is 2.00. The molecule has 14 heavy (non-hydrogen) atoms. The van der Waals surface area contributed by atoms with Crippen molar-refractivity contribution in [1.29, 1.82) is 0 Å². The first-order valence-electron chi connectivity index (χ1n) is 4.21. The number of methoxy groups -OCH3 is 1. The van der Waals surface area contributed by atoms with E-state index in [0.29, 0.717) is 6.61 Å². The van der Waals surface area contributed by atoms with E-state index in [2.05, 4.69) is 10.9 Å². The minimum Gasteiger partial charge on any atom is -0.497 e. The van der Waals surface area contributed by atoms with Gasteiger partial charge in [-0.05, 0) is 29.7 Å². The van der Waals surface area contributed by atoms with Crippen LogP contribution in [0.2, 0.25) is 0 Å². The summed E-state index contributed by atoms with van der Waals surface area (Å²) in [4.78, 5) is 5.71. The highest BCUT2D eigenvalue weighted by Gasteiger charge is 2.02. The molecule has 0 atom stereocenters. The molecule has 0 spiro atoms. The summed E-state index contributed by atoms with van der Waals surface area (Å²) < 4.78 is 6.36. The molecule has 0 unspecified atom stereocenters. The smallest absolute Gasteiger partial charge is 0.119 e. The van der Waals surface area contributed by atoms with Gasteiger partial charge in [-0.25, -0.2) is 5.90 Å². The maximum atomic E-state index is 5.14. The van der Waals surface area contributed by atoms with Gasteiger partial charge in [0.25, 0.3) is 0 Å². The number of hydrogen-bond acceptors (Lipinski definition) is 4. The van der Waals surface area contributed by atoms with Gasteiger partial charge in [0.15, 0.2) is 0 Å². The molecule has 1 aromatic heterocycles. The lowest BCUT2D eigenvalue weighted by Crippen LogP contribution is -1.96. The second-order valence-electron chi connectivity index (χ2n) is 2.93. The Bertz CT molecular complexity index is 439. The summed E-state index contributed by atoms with van der Waals surface area (Å²) >= 11 is 1.68. The molecule has 0 saturated heterocycles. The predicted molar refractivity (Wildman–Crippen MR) is 57.4 cm³/mol. The quantitative estimate of drug-likeness (QED) is 0.789. The maximum absolute atomic E-state index is 5.14. The second kappa shape index (κ2) is 3.96. The van der Waals surface area contributed by atoms with Gasteiger partial charge in [0.2, 0.25) is 0 Å². The van der Waals surface area contributed by atoms with Crippen LogP contribution in [0.15, 0.2) is 24.3 Å². The van der Waals surface area contributed by atoms with E-state index in [-0.39, 0.29) is 0 Å². The molecule has 0 bridgehead atoms. The molecule has 0 radical (unpaired) electrons. The number of fused-ring (bicyclic) bond motifs is 1. The normalized spacial score (nSPS) is 10.7. The molecule has 0 aliphatic rings. The fraction of sp³-hybridized carbons (Fsp3) is 0.200. The van der Waals surface area contributed by atoms with Gasteiger partial charge in [-0.1, -0.05) is 0 Å². The lowest BCUT2D eigenvalue weighted by Gasteiger charge is -1.97. The molecule has 0 aliphatic heterocycles. The van der Waals surface area contributed by atoms with Crippen molar-refractivity contribution in [2.45, 2.75) is 6.61 Å². The Balaban J connectivity index is 2.43. The average molecular weight is 209 g/mol. The van der Waals surface area contributed by atoms with Crippen LogP contribution in [0.5, 0.6) is 5.75 Å². The van der Waals surface area contributed by atoms with E-state index in [1.54, 1.807) is 18.4 Å². The summed E-state index contributed by atoms with van der Waals surface area (Å²) in [6.45, 7) is 0.460. The largest absolute Gasteiger partial charge is 0.497 e. The molecule has 0 aliphatic carbocycles. The highest BCUT2D eigenvalue weighted by molar-refractivity contribution is 7.19. The predicted octanol–water partition coefficient (Wildman–Crippen LogP) is 2.30. The second-order valence-corrected chi connectivity index (χ2v) is 4.10. The monoisotopic (exact) mass is 209 g/mol. The molecule has 0 fully saturated rings. The van der Waals surface area contributed by atoms with Crippen LogP contribution < -0.4 is 10.6 Å². The molecule has 3 nitrogen and oxygen atoms in total. The number of nitrogens with two attached hydrogens (primary N) is 1. The van der Waals surface area contributed by atoms with E-state index >= 15 is 0 Å². The lowest BCUT2D eigenvalue weighted by atomic mass is 10.2. The summed E-state index contributed by atoms with van der Waals surface area (Å²) in [5.41, 5.74) is 0. The fourth-order valence-corrected chi connectivity index (χ4v) is 2.32. The van der Waals surface area contributed by atoms with Crippen molar-refractivity contribution in [2.75, 3.05) is 7.11 Å². The van der Waals surface area contributed by atoms with Gasteiger partial charge in [-0.3, -0.25) is 4.84 Å². The van der Waals surface area contributed by atoms with Crippen molar-refractivity contribution in [3.63, 3.8) is 0 Å². The Morgan fingerprint density at radius 3 is 2.93 bits per heavy atom. The van der Waals surface area contributed by atoms with Crippen molar-refractivity contribution >= 4 is 21.4 Å². The van der Waals surface area contributed by atoms with Gasteiger partial charge in [0.05, 0.1) is 7.11 Å². The van der Waals surface area contributed by atoms with E-state index in [1.807, 2.05) is 18.2 Å². The van der Waals surface area contributed by atoms with Crippen LogP contribution in [0.4, 0.5) is 0 Å². The zero-order valence-corrected chi connectivity index (χ0v) is 8.64. The standard InChI is InChI=1S/C10H11NO2S/c1-12-8-2-3-10-7(4-8)5-9(14-10)6-13-11/h2-5H,6,11H2,1H3. The van der Waals surface area contributed by atoms with Crippen molar-refractivity contribution in [2.24, 2.45) is 5.90 Å². The van der Waals surface area contributed by atoms with E-state index in [9.17, 15) is 0 Å². The van der Waals surface area contributed by atoms with Gasteiger partial charge in [0.1, 0.15) is 12.4 Å². The molecule has 2 rings (SSSR count). The van der Waals surface area contributed by atoms with Crippen LogP contribution in [0.25, 0.3) is 10.1 Å². The van der Waals surface area contributed by atoms with Crippen LogP contribution in [0, 0.1) is 0 Å². The third kappa shape index (κ3) is 1.72. The topological polar surface area (TPSA) is 44.5 Å². The van der Waals surface area contributed by atoms with Crippen molar-refractivity contribution in [3.8, 4) is 5.75 Å². The van der Waals surface area contributed by atoms with E-state index in [0.717, 1.165) is 10.6 Å². The van der Waals surface area contributed by atoms with Crippen LogP contribution in [-0.4, -0.2) is 7.11 Å². The summed E-state index contributed by atoms with van der Waals surface area (Å²) in [5.74, 6) is 5.89. The Kier molecular flexibility index (Phi) is 2.67.